The summed E-state index contributed by atoms with van der Waals surface area (Å²) in [6.07, 6.45) is 3.90. The Hall–Kier alpha value is -3.80. The first-order valence-electron chi connectivity index (χ1n) is 12.5. The van der Waals surface area contributed by atoms with Gasteiger partial charge in [-0.1, -0.05) is 36.4 Å². The number of rotatable bonds is 11. The van der Waals surface area contributed by atoms with Crippen LogP contribution in [0.25, 0.3) is 21.3 Å². The molecule has 5 rings (SSSR count). The second kappa shape index (κ2) is 11.5. The van der Waals surface area contributed by atoms with E-state index in [9.17, 15) is 8.42 Å². The number of imidazole rings is 1. The second-order valence-corrected chi connectivity index (χ2v) is 11.8. The monoisotopic (exact) mass is 562 g/mol. The molecule has 0 spiro atoms. The third kappa shape index (κ3) is 5.95. The van der Waals surface area contributed by atoms with Gasteiger partial charge in [-0.15, -0.1) is 0 Å². The van der Waals surface area contributed by atoms with Crippen LogP contribution < -0.4 is 10.1 Å². The van der Waals surface area contributed by atoms with Gasteiger partial charge < -0.3 is 14.6 Å². The zero-order chi connectivity index (χ0) is 27.4. The summed E-state index contributed by atoms with van der Waals surface area (Å²) < 4.78 is 40.2. The fourth-order valence-corrected chi connectivity index (χ4v) is 6.43. The molecule has 0 aliphatic rings. The summed E-state index contributed by atoms with van der Waals surface area (Å²) in [7, 11) is -0.368. The average Bonchev–Trinajstić information content (AvgIpc) is 3.53. The number of anilines is 1. The van der Waals surface area contributed by atoms with Gasteiger partial charge in [-0.05, 0) is 65.8 Å². The number of methoxy groups -OCH3 is 1. The van der Waals surface area contributed by atoms with Crippen LogP contribution in [0, 0.1) is 6.92 Å². The fraction of sp³-hybridized carbons (Fsp3) is 0.250. The molecule has 1 N–H and O–H groups in total. The van der Waals surface area contributed by atoms with Gasteiger partial charge in [-0.3, -0.25) is 0 Å². The van der Waals surface area contributed by atoms with Crippen LogP contribution in [0.3, 0.4) is 0 Å². The van der Waals surface area contributed by atoms with Gasteiger partial charge in [0, 0.05) is 39.1 Å². The van der Waals surface area contributed by atoms with Crippen molar-refractivity contribution in [2.24, 2.45) is 7.05 Å². The van der Waals surface area contributed by atoms with Crippen LogP contribution in [-0.4, -0.2) is 51.8 Å². The summed E-state index contributed by atoms with van der Waals surface area (Å²) in [6.45, 7) is 2.92. The van der Waals surface area contributed by atoms with Gasteiger partial charge in [0.2, 0.25) is 0 Å². The van der Waals surface area contributed by atoms with Crippen molar-refractivity contribution in [1.82, 2.24) is 23.2 Å². The Morgan fingerprint density at radius 3 is 2.44 bits per heavy atom. The Kier molecular flexibility index (Phi) is 7.92. The van der Waals surface area contributed by atoms with Crippen molar-refractivity contribution in [2.45, 2.75) is 24.9 Å². The molecule has 0 amide bonds. The van der Waals surface area contributed by atoms with Crippen LogP contribution in [0.15, 0.2) is 78.1 Å². The summed E-state index contributed by atoms with van der Waals surface area (Å²) in [6, 6.07) is 19.7. The summed E-state index contributed by atoms with van der Waals surface area (Å²) in [5.74, 6) is 2.21. The largest absolute Gasteiger partial charge is 0.497 e. The maximum absolute atomic E-state index is 13.6. The highest BCUT2D eigenvalue weighted by Crippen LogP contribution is 2.26. The van der Waals surface area contributed by atoms with Gasteiger partial charge >= 0.3 is 0 Å². The normalized spacial score (nSPS) is 11.8. The van der Waals surface area contributed by atoms with Crippen LogP contribution in [-0.2, 0) is 23.6 Å². The molecule has 2 aromatic carbocycles. The lowest BCUT2D eigenvalue weighted by Crippen LogP contribution is -2.32. The molecular formula is C28H30N6O3S2. The smallest absolute Gasteiger partial charge is 0.262 e. The van der Waals surface area contributed by atoms with E-state index in [0.717, 1.165) is 38.5 Å². The lowest BCUT2D eigenvalue weighted by Gasteiger charge is -2.21. The summed E-state index contributed by atoms with van der Waals surface area (Å²) in [5, 5.41) is 4.36. The van der Waals surface area contributed by atoms with E-state index in [4.69, 9.17) is 4.74 Å². The minimum absolute atomic E-state index is 0.0573. The van der Waals surface area contributed by atoms with E-state index in [1.54, 1.807) is 38.0 Å². The number of pyridine rings is 1. The summed E-state index contributed by atoms with van der Waals surface area (Å²) in [4.78, 5) is 9.50. The number of nitrogens with one attached hydrogen (secondary N) is 1. The summed E-state index contributed by atoms with van der Waals surface area (Å²) >= 11 is 1.34. The third-order valence-electron chi connectivity index (χ3n) is 6.55. The van der Waals surface area contributed by atoms with Crippen molar-refractivity contribution < 1.29 is 13.2 Å². The average molecular weight is 563 g/mol. The maximum atomic E-state index is 13.6. The van der Waals surface area contributed by atoms with E-state index in [1.165, 1.54) is 15.8 Å². The van der Waals surface area contributed by atoms with Gasteiger partial charge in [0.15, 0.2) is 5.03 Å². The Bertz CT molecular complexity index is 1640. The number of hydrogen-bond acceptors (Lipinski definition) is 8. The minimum Gasteiger partial charge on any atom is -0.497 e. The van der Waals surface area contributed by atoms with E-state index in [2.05, 4.69) is 19.7 Å². The lowest BCUT2D eigenvalue weighted by atomic mass is 10.0. The predicted molar refractivity (Wildman–Crippen MR) is 154 cm³/mol. The molecule has 9 nitrogen and oxygen atoms in total. The molecule has 39 heavy (non-hydrogen) atoms. The molecule has 0 aliphatic carbocycles. The molecule has 5 aromatic rings. The topological polar surface area (TPSA) is 102 Å². The van der Waals surface area contributed by atoms with E-state index in [1.807, 2.05) is 60.7 Å². The molecule has 0 unspecified atom stereocenters. The van der Waals surface area contributed by atoms with E-state index in [-0.39, 0.29) is 11.6 Å². The van der Waals surface area contributed by atoms with Crippen LogP contribution in [0.4, 0.5) is 5.82 Å². The number of nitrogens with zero attached hydrogens (tertiary/aromatic N) is 5. The van der Waals surface area contributed by atoms with Crippen molar-refractivity contribution in [3.05, 3.63) is 84.4 Å². The van der Waals surface area contributed by atoms with Gasteiger partial charge in [0.1, 0.15) is 22.2 Å². The molecule has 3 heterocycles. The lowest BCUT2D eigenvalue weighted by molar-refractivity contribution is 0.401. The Labute approximate surface area is 232 Å². The standard InChI is InChI=1S/C28H30N6O3S2/c1-20-31-26(19-33(20)2)39(35,36)34(17-5-16-29-27-25-6-4-15-30-28(25)38-32-27)18-21-7-9-22(10-8-21)23-11-13-24(37-3)14-12-23/h4,6-15,19H,5,16-18H2,1-3H3,(H,29,32). The zero-order valence-corrected chi connectivity index (χ0v) is 23.7. The SMILES string of the molecule is COc1ccc(-c2ccc(CN(CCCNc3nsc4ncccc34)S(=O)(=O)c3cn(C)c(C)n3)cc2)cc1. The van der Waals surface area contributed by atoms with Crippen LogP contribution in [0.5, 0.6) is 5.75 Å². The molecule has 0 radical (unpaired) electrons. The maximum Gasteiger partial charge on any atom is 0.262 e. The number of ether oxygens (including phenoxy) is 1. The van der Waals surface area contributed by atoms with Crippen LogP contribution in [0.1, 0.15) is 17.8 Å². The fourth-order valence-electron chi connectivity index (χ4n) is 4.23. The first-order valence-corrected chi connectivity index (χ1v) is 14.7. The first-order chi connectivity index (χ1) is 18.8. The molecular weight excluding hydrogens is 532 g/mol. The van der Waals surface area contributed by atoms with Crippen molar-refractivity contribution in [3.63, 3.8) is 0 Å². The molecule has 0 saturated heterocycles. The number of aromatic nitrogens is 4. The second-order valence-electron chi connectivity index (χ2n) is 9.17. The Balaban J connectivity index is 1.31. The van der Waals surface area contributed by atoms with Crippen LogP contribution >= 0.6 is 11.5 Å². The van der Waals surface area contributed by atoms with E-state index < -0.39 is 10.0 Å². The highest BCUT2D eigenvalue weighted by Gasteiger charge is 2.27. The number of aryl methyl sites for hydroxylation is 2. The molecule has 0 fully saturated rings. The first kappa shape index (κ1) is 26.8. The Morgan fingerprint density at radius 2 is 1.77 bits per heavy atom. The quantitative estimate of drug-likeness (QED) is 0.223. The van der Waals surface area contributed by atoms with E-state index in [0.29, 0.717) is 25.3 Å². The minimum atomic E-state index is -3.80. The number of fused-ring (bicyclic) bond motifs is 1. The van der Waals surface area contributed by atoms with Crippen LogP contribution in [0.2, 0.25) is 0 Å². The highest BCUT2D eigenvalue weighted by atomic mass is 32.2. The van der Waals surface area contributed by atoms with Crippen molar-refractivity contribution in [1.29, 1.82) is 0 Å². The molecule has 0 bridgehead atoms. The zero-order valence-electron chi connectivity index (χ0n) is 22.0. The summed E-state index contributed by atoms with van der Waals surface area (Å²) in [5.41, 5.74) is 3.00. The number of sulfonamides is 1. The predicted octanol–water partition coefficient (Wildman–Crippen LogP) is 5.10. The molecule has 0 saturated carbocycles. The Morgan fingerprint density at radius 1 is 1.05 bits per heavy atom. The van der Waals surface area contributed by atoms with E-state index >= 15 is 0 Å². The molecule has 3 aromatic heterocycles. The number of benzene rings is 2. The van der Waals surface area contributed by atoms with Crippen molar-refractivity contribution in [2.75, 3.05) is 25.5 Å². The number of hydrogen-bond donors (Lipinski definition) is 1. The molecule has 202 valence electrons. The molecule has 0 aliphatic heterocycles. The van der Waals surface area contributed by atoms with Crippen molar-refractivity contribution in [3.8, 4) is 16.9 Å². The van der Waals surface area contributed by atoms with Gasteiger partial charge in [-0.2, -0.15) is 8.68 Å². The van der Waals surface area contributed by atoms with Gasteiger partial charge in [0.25, 0.3) is 10.0 Å². The highest BCUT2D eigenvalue weighted by molar-refractivity contribution is 7.89. The van der Waals surface area contributed by atoms with Gasteiger partial charge in [0.05, 0.1) is 12.5 Å². The third-order valence-corrected chi connectivity index (χ3v) is 9.04. The molecule has 0 atom stereocenters. The molecule has 11 heteroatoms. The van der Waals surface area contributed by atoms with Crippen molar-refractivity contribution >= 4 is 37.6 Å². The van der Waals surface area contributed by atoms with Gasteiger partial charge in [-0.25, -0.2) is 18.4 Å².